The largest absolute Gasteiger partial charge is 0.493 e. The molecule has 1 rings (SSSR count). The number of carbonyl (C=O) groups excluding carboxylic acids is 1. The first-order valence-corrected chi connectivity index (χ1v) is 5.41. The number of Topliss-reactive ketones (excluding diaryl/α,β-unsaturated/α-hetero) is 1. The monoisotopic (exact) mass is 277 g/mol. The van der Waals surface area contributed by atoms with Crippen molar-refractivity contribution >= 4 is 5.78 Å². The number of hydrogen-bond donors (Lipinski definition) is 1. The van der Waals surface area contributed by atoms with Crippen molar-refractivity contribution in [2.24, 2.45) is 5.73 Å². The average Bonchev–Trinajstić information content (AvgIpc) is 2.36. The van der Waals surface area contributed by atoms with Gasteiger partial charge < -0.3 is 15.2 Å². The van der Waals surface area contributed by atoms with E-state index in [1.54, 1.807) is 0 Å². The number of ether oxygens (including phenoxy) is 2. The molecule has 0 heterocycles. The molecule has 0 aliphatic rings. The fraction of sp³-hybridized carbons (Fsp3) is 0.417. The second kappa shape index (κ2) is 5.92. The molecule has 0 atom stereocenters. The van der Waals surface area contributed by atoms with Gasteiger partial charge >= 0.3 is 6.18 Å². The van der Waals surface area contributed by atoms with E-state index in [2.05, 4.69) is 0 Å². The maximum atomic E-state index is 12.9. The molecule has 0 saturated carbocycles. The number of rotatable bonds is 5. The highest BCUT2D eigenvalue weighted by Crippen LogP contribution is 2.42. The molecule has 0 fully saturated rings. The van der Waals surface area contributed by atoms with E-state index in [9.17, 15) is 18.0 Å². The molecule has 2 N–H and O–H groups in total. The molecule has 4 nitrogen and oxygen atoms in total. The van der Waals surface area contributed by atoms with Crippen LogP contribution in [0.25, 0.3) is 0 Å². The van der Waals surface area contributed by atoms with E-state index in [0.717, 1.165) is 13.2 Å². The number of nitrogens with two attached hydrogens (primary N) is 1. The Balaban J connectivity index is 3.43. The van der Waals surface area contributed by atoms with Crippen LogP contribution >= 0.6 is 0 Å². The smallest absolute Gasteiger partial charge is 0.420 e. The zero-order chi connectivity index (χ0) is 14.6. The van der Waals surface area contributed by atoms with Crippen LogP contribution in [0.1, 0.15) is 22.3 Å². The van der Waals surface area contributed by atoms with Crippen molar-refractivity contribution in [2.45, 2.75) is 12.6 Å². The Morgan fingerprint density at radius 1 is 1.26 bits per heavy atom. The molecule has 0 radical (unpaired) electrons. The van der Waals surface area contributed by atoms with E-state index in [1.165, 1.54) is 13.2 Å². The summed E-state index contributed by atoms with van der Waals surface area (Å²) in [5, 5.41) is 0. The number of carbonyl (C=O) groups is 1. The van der Waals surface area contributed by atoms with Crippen LogP contribution in [0.15, 0.2) is 12.1 Å². The first-order chi connectivity index (χ1) is 8.85. The van der Waals surface area contributed by atoms with E-state index in [-0.39, 0.29) is 24.3 Å². The average molecular weight is 277 g/mol. The van der Waals surface area contributed by atoms with Crippen molar-refractivity contribution in [1.29, 1.82) is 0 Å². The Morgan fingerprint density at radius 3 is 2.32 bits per heavy atom. The second-order valence-electron chi connectivity index (χ2n) is 3.72. The number of alkyl halides is 3. The summed E-state index contributed by atoms with van der Waals surface area (Å²) in [4.78, 5) is 11.6. The topological polar surface area (TPSA) is 61.5 Å². The Bertz CT molecular complexity index is 472. The maximum absolute atomic E-state index is 12.9. The van der Waals surface area contributed by atoms with Crippen molar-refractivity contribution in [3.05, 3.63) is 23.3 Å². The lowest BCUT2D eigenvalue weighted by atomic mass is 10.0. The minimum Gasteiger partial charge on any atom is -0.493 e. The lowest BCUT2D eigenvalue weighted by Gasteiger charge is -2.16. The Morgan fingerprint density at radius 2 is 1.89 bits per heavy atom. The Kier molecular flexibility index (Phi) is 4.77. The molecule has 0 aromatic heterocycles. The van der Waals surface area contributed by atoms with Crippen LogP contribution in [-0.2, 0) is 6.18 Å². The van der Waals surface area contributed by atoms with Gasteiger partial charge in [-0.15, -0.1) is 0 Å². The fourth-order valence-electron chi connectivity index (χ4n) is 1.61. The summed E-state index contributed by atoms with van der Waals surface area (Å²) >= 11 is 0. The third-order valence-corrected chi connectivity index (χ3v) is 2.48. The quantitative estimate of drug-likeness (QED) is 0.838. The molecular formula is C12H14F3NO3. The van der Waals surface area contributed by atoms with Gasteiger partial charge in [-0.05, 0) is 18.7 Å². The van der Waals surface area contributed by atoms with E-state index < -0.39 is 23.3 Å². The first kappa shape index (κ1) is 15.3. The highest BCUT2D eigenvalue weighted by molar-refractivity contribution is 5.97. The summed E-state index contributed by atoms with van der Waals surface area (Å²) in [6, 6.07) is 1.96. The van der Waals surface area contributed by atoms with E-state index in [0.29, 0.717) is 0 Å². The molecule has 1 aromatic rings. The molecule has 7 heteroatoms. The molecule has 0 saturated heterocycles. The lowest BCUT2D eigenvalue weighted by molar-refractivity contribution is -0.138. The van der Waals surface area contributed by atoms with Crippen LogP contribution < -0.4 is 15.2 Å². The van der Waals surface area contributed by atoms with Crippen LogP contribution in [0.5, 0.6) is 11.5 Å². The summed E-state index contributed by atoms with van der Waals surface area (Å²) in [6.45, 7) is 0.0640. The van der Waals surface area contributed by atoms with Gasteiger partial charge in [-0.3, -0.25) is 4.79 Å². The van der Waals surface area contributed by atoms with Gasteiger partial charge in [0, 0.05) is 12.0 Å². The van der Waals surface area contributed by atoms with Crippen molar-refractivity contribution in [1.82, 2.24) is 0 Å². The first-order valence-electron chi connectivity index (χ1n) is 5.41. The van der Waals surface area contributed by atoms with Gasteiger partial charge in [0.25, 0.3) is 0 Å². The standard InChI is InChI=1S/C12H14F3NO3/c1-18-10-6-7(9(17)3-4-16)5-8(11(10)19-2)12(13,14)15/h5-6H,3-4,16H2,1-2H3. The number of methoxy groups -OCH3 is 2. The molecule has 106 valence electrons. The summed E-state index contributed by atoms with van der Waals surface area (Å²) < 4.78 is 48.3. The Hall–Kier alpha value is -1.76. The molecule has 0 spiro atoms. The molecular weight excluding hydrogens is 263 g/mol. The van der Waals surface area contributed by atoms with Crippen molar-refractivity contribution < 1.29 is 27.4 Å². The van der Waals surface area contributed by atoms with E-state index in [4.69, 9.17) is 15.2 Å². The molecule has 0 aliphatic heterocycles. The van der Waals surface area contributed by atoms with Gasteiger partial charge in [0.1, 0.15) is 5.56 Å². The highest BCUT2D eigenvalue weighted by Gasteiger charge is 2.36. The summed E-state index contributed by atoms with van der Waals surface area (Å²) in [7, 11) is 2.31. The zero-order valence-electron chi connectivity index (χ0n) is 10.5. The number of hydrogen-bond acceptors (Lipinski definition) is 4. The molecule has 1 aromatic carbocycles. The minimum absolute atomic E-state index is 0.0349. The number of halogens is 3. The zero-order valence-corrected chi connectivity index (χ0v) is 10.5. The van der Waals surface area contributed by atoms with Gasteiger partial charge in [0.2, 0.25) is 0 Å². The number of ketones is 1. The maximum Gasteiger partial charge on any atom is 0.420 e. The Labute approximate surface area is 108 Å². The van der Waals surface area contributed by atoms with Gasteiger partial charge in [0.15, 0.2) is 17.3 Å². The van der Waals surface area contributed by atoms with Crippen LogP contribution in [0.4, 0.5) is 13.2 Å². The van der Waals surface area contributed by atoms with Crippen LogP contribution in [0, 0.1) is 0 Å². The predicted octanol–water partition coefficient (Wildman–Crippen LogP) is 2.25. The van der Waals surface area contributed by atoms with Crippen molar-refractivity contribution in [2.75, 3.05) is 20.8 Å². The molecule has 0 aliphatic carbocycles. The van der Waals surface area contributed by atoms with Crippen LogP contribution in [0.2, 0.25) is 0 Å². The number of benzene rings is 1. The molecule has 0 bridgehead atoms. The van der Waals surface area contributed by atoms with Gasteiger partial charge in [-0.25, -0.2) is 0 Å². The second-order valence-corrected chi connectivity index (χ2v) is 3.72. The summed E-state index contributed by atoms with van der Waals surface area (Å²) in [5.74, 6) is -1.06. The van der Waals surface area contributed by atoms with Crippen LogP contribution in [-0.4, -0.2) is 26.5 Å². The van der Waals surface area contributed by atoms with Crippen molar-refractivity contribution in [3.63, 3.8) is 0 Å². The van der Waals surface area contributed by atoms with Crippen LogP contribution in [0.3, 0.4) is 0 Å². The molecule has 0 amide bonds. The fourth-order valence-corrected chi connectivity index (χ4v) is 1.61. The third kappa shape index (κ3) is 3.37. The van der Waals surface area contributed by atoms with Gasteiger partial charge in [0.05, 0.1) is 14.2 Å². The minimum atomic E-state index is -4.64. The highest BCUT2D eigenvalue weighted by atomic mass is 19.4. The van der Waals surface area contributed by atoms with Gasteiger partial charge in [-0.1, -0.05) is 0 Å². The normalized spacial score (nSPS) is 11.3. The SMILES string of the molecule is COc1cc(C(=O)CCN)cc(C(F)(F)F)c1OC. The molecule has 0 unspecified atom stereocenters. The third-order valence-electron chi connectivity index (χ3n) is 2.48. The lowest BCUT2D eigenvalue weighted by Crippen LogP contribution is -2.13. The summed E-state index contributed by atoms with van der Waals surface area (Å²) in [5.41, 5.74) is 4.07. The van der Waals surface area contributed by atoms with E-state index in [1.807, 2.05) is 0 Å². The summed E-state index contributed by atoms with van der Waals surface area (Å²) in [6.07, 6.45) is -4.68. The molecule has 19 heavy (non-hydrogen) atoms. The van der Waals surface area contributed by atoms with Crippen molar-refractivity contribution in [3.8, 4) is 11.5 Å². The predicted molar refractivity (Wildman–Crippen MR) is 62.5 cm³/mol. The van der Waals surface area contributed by atoms with Gasteiger partial charge in [-0.2, -0.15) is 13.2 Å². The van der Waals surface area contributed by atoms with E-state index >= 15 is 0 Å².